The van der Waals surface area contributed by atoms with E-state index in [1.54, 1.807) is 18.2 Å². The van der Waals surface area contributed by atoms with Crippen LogP contribution in [0.5, 0.6) is 0 Å². The lowest BCUT2D eigenvalue weighted by Crippen LogP contribution is -2.12. The van der Waals surface area contributed by atoms with Crippen molar-refractivity contribution < 1.29 is 9.53 Å². The van der Waals surface area contributed by atoms with Gasteiger partial charge in [0, 0.05) is 5.69 Å². The van der Waals surface area contributed by atoms with Crippen LogP contribution in [-0.4, -0.2) is 12.6 Å². The third kappa shape index (κ3) is 4.10. The number of nitrogen functional groups attached to an aromatic ring is 1. The number of rotatable bonds is 5. The summed E-state index contributed by atoms with van der Waals surface area (Å²) in [5.74, 6) is 0.148. The summed E-state index contributed by atoms with van der Waals surface area (Å²) in [4.78, 5) is 11.8. The van der Waals surface area contributed by atoms with E-state index in [0.717, 1.165) is 18.4 Å². The fraction of sp³-hybridized carbons (Fsp3) is 0.500. The smallest absolute Gasteiger partial charge is 0.338 e. The zero-order valence-electron chi connectivity index (χ0n) is 10.8. The lowest BCUT2D eigenvalue weighted by atomic mass is 10.1. The molecule has 2 N–H and O–H groups in total. The molecule has 3 nitrogen and oxygen atoms in total. The van der Waals surface area contributed by atoms with Crippen LogP contribution in [0.15, 0.2) is 18.2 Å². The predicted octanol–water partition coefficient (Wildman–Crippen LogP) is 3.17. The molecule has 1 aromatic rings. The molecule has 0 amide bonds. The molecular weight excluding hydrogens is 214 g/mol. The van der Waals surface area contributed by atoms with E-state index in [-0.39, 0.29) is 5.97 Å². The van der Waals surface area contributed by atoms with Gasteiger partial charge in [-0.3, -0.25) is 0 Å². The van der Waals surface area contributed by atoms with Gasteiger partial charge in [-0.1, -0.05) is 20.3 Å². The molecular formula is C14H21NO2. The normalized spacial score (nSPS) is 12.2. The van der Waals surface area contributed by atoms with Crippen molar-refractivity contribution in [2.24, 2.45) is 5.92 Å². The SMILES string of the molecule is CCCC(C)COC(=O)c1ccc(N)c(C)c1. The highest BCUT2D eigenvalue weighted by atomic mass is 16.5. The Balaban J connectivity index is 2.55. The van der Waals surface area contributed by atoms with Crippen molar-refractivity contribution >= 4 is 11.7 Å². The van der Waals surface area contributed by atoms with Gasteiger partial charge in [0.05, 0.1) is 12.2 Å². The predicted molar refractivity (Wildman–Crippen MR) is 69.9 cm³/mol. The van der Waals surface area contributed by atoms with Crippen LogP contribution in [0.3, 0.4) is 0 Å². The standard InChI is InChI=1S/C14H21NO2/c1-4-5-10(2)9-17-14(16)12-6-7-13(15)11(3)8-12/h6-8,10H,4-5,9,15H2,1-3H3. The maximum absolute atomic E-state index is 11.8. The zero-order valence-corrected chi connectivity index (χ0v) is 10.8. The van der Waals surface area contributed by atoms with E-state index < -0.39 is 0 Å². The van der Waals surface area contributed by atoms with Gasteiger partial charge in [0.1, 0.15) is 0 Å². The molecule has 17 heavy (non-hydrogen) atoms. The minimum atomic E-state index is -0.268. The fourth-order valence-corrected chi connectivity index (χ4v) is 1.68. The quantitative estimate of drug-likeness (QED) is 0.630. The molecule has 1 aromatic carbocycles. The van der Waals surface area contributed by atoms with Gasteiger partial charge in [0.15, 0.2) is 0 Å². The summed E-state index contributed by atoms with van der Waals surface area (Å²) in [6.45, 7) is 6.58. The first kappa shape index (κ1) is 13.6. The number of ether oxygens (including phenoxy) is 1. The summed E-state index contributed by atoms with van der Waals surface area (Å²) in [6.07, 6.45) is 2.19. The van der Waals surface area contributed by atoms with Crippen molar-refractivity contribution in [2.75, 3.05) is 12.3 Å². The summed E-state index contributed by atoms with van der Waals surface area (Å²) in [5, 5.41) is 0. The molecule has 1 atom stereocenters. The van der Waals surface area contributed by atoms with Gasteiger partial charge in [-0.05, 0) is 43.0 Å². The molecule has 0 aliphatic carbocycles. The van der Waals surface area contributed by atoms with Gasteiger partial charge in [-0.25, -0.2) is 4.79 Å². The maximum atomic E-state index is 11.8. The molecule has 1 rings (SSSR count). The molecule has 0 fully saturated rings. The van der Waals surface area contributed by atoms with E-state index >= 15 is 0 Å². The van der Waals surface area contributed by atoms with Crippen molar-refractivity contribution in [3.8, 4) is 0 Å². The van der Waals surface area contributed by atoms with Gasteiger partial charge in [-0.2, -0.15) is 0 Å². The van der Waals surface area contributed by atoms with Gasteiger partial charge in [0.2, 0.25) is 0 Å². The summed E-state index contributed by atoms with van der Waals surface area (Å²) in [5.41, 5.74) is 7.87. The first-order chi connectivity index (χ1) is 8.04. The molecule has 0 saturated heterocycles. The van der Waals surface area contributed by atoms with E-state index in [1.165, 1.54) is 0 Å². The molecule has 0 radical (unpaired) electrons. The second kappa shape index (κ2) is 6.28. The fourth-order valence-electron chi connectivity index (χ4n) is 1.68. The Morgan fingerprint density at radius 2 is 2.18 bits per heavy atom. The number of benzene rings is 1. The van der Waals surface area contributed by atoms with E-state index in [9.17, 15) is 4.79 Å². The zero-order chi connectivity index (χ0) is 12.8. The third-order valence-electron chi connectivity index (χ3n) is 2.79. The van der Waals surface area contributed by atoms with Gasteiger partial charge in [-0.15, -0.1) is 0 Å². The Morgan fingerprint density at radius 1 is 1.47 bits per heavy atom. The summed E-state index contributed by atoms with van der Waals surface area (Å²) in [7, 11) is 0. The van der Waals surface area contributed by atoms with Crippen molar-refractivity contribution in [1.82, 2.24) is 0 Å². The first-order valence-corrected chi connectivity index (χ1v) is 6.07. The van der Waals surface area contributed by atoms with Crippen LogP contribution in [-0.2, 0) is 4.74 Å². The second-order valence-corrected chi connectivity index (χ2v) is 4.56. The Labute approximate surface area is 103 Å². The molecule has 0 aliphatic rings. The molecule has 94 valence electrons. The molecule has 0 saturated carbocycles. The lowest BCUT2D eigenvalue weighted by Gasteiger charge is -2.11. The number of hydrogen-bond donors (Lipinski definition) is 1. The molecule has 3 heteroatoms. The third-order valence-corrected chi connectivity index (χ3v) is 2.79. The van der Waals surface area contributed by atoms with E-state index in [1.807, 2.05) is 6.92 Å². The van der Waals surface area contributed by atoms with Crippen LogP contribution < -0.4 is 5.73 Å². The molecule has 1 unspecified atom stereocenters. The number of carbonyl (C=O) groups excluding carboxylic acids is 1. The molecule has 0 aromatic heterocycles. The van der Waals surface area contributed by atoms with Crippen LogP contribution >= 0.6 is 0 Å². The van der Waals surface area contributed by atoms with Crippen LogP contribution in [0.4, 0.5) is 5.69 Å². The van der Waals surface area contributed by atoms with Crippen LogP contribution in [0.1, 0.15) is 42.6 Å². The lowest BCUT2D eigenvalue weighted by molar-refractivity contribution is 0.0443. The van der Waals surface area contributed by atoms with E-state index in [2.05, 4.69) is 13.8 Å². The van der Waals surface area contributed by atoms with Crippen molar-refractivity contribution in [3.63, 3.8) is 0 Å². The van der Waals surface area contributed by atoms with Crippen LogP contribution in [0.25, 0.3) is 0 Å². The van der Waals surface area contributed by atoms with Gasteiger partial charge in [0.25, 0.3) is 0 Å². The highest BCUT2D eigenvalue weighted by molar-refractivity contribution is 5.90. The average molecular weight is 235 g/mol. The average Bonchev–Trinajstić information content (AvgIpc) is 2.30. The number of anilines is 1. The van der Waals surface area contributed by atoms with E-state index in [4.69, 9.17) is 10.5 Å². The first-order valence-electron chi connectivity index (χ1n) is 6.07. The minimum absolute atomic E-state index is 0.268. The van der Waals surface area contributed by atoms with Crippen molar-refractivity contribution in [3.05, 3.63) is 29.3 Å². The monoisotopic (exact) mass is 235 g/mol. The molecule has 0 spiro atoms. The number of aryl methyl sites for hydroxylation is 1. The van der Waals surface area contributed by atoms with E-state index in [0.29, 0.717) is 23.8 Å². The minimum Gasteiger partial charge on any atom is -0.462 e. The molecule has 0 aliphatic heterocycles. The summed E-state index contributed by atoms with van der Waals surface area (Å²) >= 11 is 0. The van der Waals surface area contributed by atoms with Crippen molar-refractivity contribution in [2.45, 2.75) is 33.6 Å². The largest absolute Gasteiger partial charge is 0.462 e. The topological polar surface area (TPSA) is 52.3 Å². The number of esters is 1. The molecule has 0 bridgehead atoms. The summed E-state index contributed by atoms with van der Waals surface area (Å²) in [6, 6.07) is 5.21. The van der Waals surface area contributed by atoms with Crippen molar-refractivity contribution in [1.29, 1.82) is 0 Å². The number of carbonyl (C=O) groups is 1. The molecule has 0 heterocycles. The number of hydrogen-bond acceptors (Lipinski definition) is 3. The Bertz CT molecular complexity index is 388. The Kier molecular flexibility index (Phi) is 5.01. The summed E-state index contributed by atoms with van der Waals surface area (Å²) < 4.78 is 5.26. The second-order valence-electron chi connectivity index (χ2n) is 4.56. The Hall–Kier alpha value is -1.51. The highest BCUT2D eigenvalue weighted by Crippen LogP contribution is 2.14. The van der Waals surface area contributed by atoms with Gasteiger partial charge < -0.3 is 10.5 Å². The van der Waals surface area contributed by atoms with Crippen LogP contribution in [0, 0.1) is 12.8 Å². The highest BCUT2D eigenvalue weighted by Gasteiger charge is 2.10. The maximum Gasteiger partial charge on any atom is 0.338 e. The van der Waals surface area contributed by atoms with Gasteiger partial charge >= 0.3 is 5.97 Å². The Morgan fingerprint density at radius 3 is 2.76 bits per heavy atom. The van der Waals surface area contributed by atoms with Crippen LogP contribution in [0.2, 0.25) is 0 Å². The number of nitrogens with two attached hydrogens (primary N) is 1.